The summed E-state index contributed by atoms with van der Waals surface area (Å²) in [6, 6.07) is 11.3. The molecule has 1 amide bonds. The summed E-state index contributed by atoms with van der Waals surface area (Å²) in [6.07, 6.45) is 0. The molecule has 0 spiro atoms. The second kappa shape index (κ2) is 7.77. The topological polar surface area (TPSA) is 64.4 Å². The van der Waals surface area contributed by atoms with Crippen LogP contribution in [0.15, 0.2) is 42.5 Å². The van der Waals surface area contributed by atoms with Gasteiger partial charge in [-0.3, -0.25) is 4.79 Å². The number of carbonyl (C=O) groups is 1. The Balaban J connectivity index is 2.07. The number of hydrogen-bond acceptors (Lipinski definition) is 3. The molecular formula is C16H16ClFN2O2. The lowest BCUT2D eigenvalue weighted by Crippen LogP contribution is -2.31. The smallest absolute Gasteiger partial charge is 0.231 e. The quantitative estimate of drug-likeness (QED) is 0.770. The van der Waals surface area contributed by atoms with Crippen LogP contribution < -0.4 is 15.8 Å². The van der Waals surface area contributed by atoms with Gasteiger partial charge in [-0.1, -0.05) is 23.7 Å². The predicted molar refractivity (Wildman–Crippen MR) is 84.4 cm³/mol. The first-order valence-electron chi connectivity index (χ1n) is 6.73. The molecule has 0 aliphatic carbocycles. The molecule has 0 radical (unpaired) electrons. The number of carbonyl (C=O) groups excluding carboxylic acids is 1. The van der Waals surface area contributed by atoms with Crippen LogP contribution in [-0.2, 0) is 4.79 Å². The maximum absolute atomic E-state index is 13.0. The summed E-state index contributed by atoms with van der Waals surface area (Å²) in [5.41, 5.74) is 6.62. The standard InChI is InChI=1S/C16H16ClFN2O2/c17-12-3-6-15(22-8-7-20-10-16(19)21)14(9-12)11-1-4-13(18)5-2-11/h1-6,9,20H,7-8,10H2,(H2,19,21). The monoisotopic (exact) mass is 322 g/mol. The summed E-state index contributed by atoms with van der Waals surface area (Å²) < 4.78 is 18.7. The highest BCUT2D eigenvalue weighted by Gasteiger charge is 2.08. The van der Waals surface area contributed by atoms with E-state index >= 15 is 0 Å². The zero-order chi connectivity index (χ0) is 15.9. The summed E-state index contributed by atoms with van der Waals surface area (Å²) in [4.78, 5) is 10.6. The van der Waals surface area contributed by atoms with Crippen molar-refractivity contribution < 1.29 is 13.9 Å². The second-order valence-corrected chi connectivity index (χ2v) is 5.08. The number of rotatable bonds is 7. The highest BCUT2D eigenvalue weighted by Crippen LogP contribution is 2.32. The van der Waals surface area contributed by atoms with Crippen LogP contribution in [0.2, 0.25) is 5.02 Å². The van der Waals surface area contributed by atoms with Gasteiger partial charge in [0.25, 0.3) is 0 Å². The van der Waals surface area contributed by atoms with Gasteiger partial charge < -0.3 is 15.8 Å². The van der Waals surface area contributed by atoms with Gasteiger partial charge >= 0.3 is 0 Å². The molecule has 6 heteroatoms. The van der Waals surface area contributed by atoms with Crippen molar-refractivity contribution in [3.63, 3.8) is 0 Å². The van der Waals surface area contributed by atoms with Crippen molar-refractivity contribution in [1.82, 2.24) is 5.32 Å². The number of ether oxygens (including phenoxy) is 1. The van der Waals surface area contributed by atoms with Gasteiger partial charge in [-0.15, -0.1) is 0 Å². The van der Waals surface area contributed by atoms with E-state index < -0.39 is 5.91 Å². The zero-order valence-electron chi connectivity index (χ0n) is 11.8. The maximum Gasteiger partial charge on any atom is 0.231 e. The van der Waals surface area contributed by atoms with E-state index in [4.69, 9.17) is 22.1 Å². The summed E-state index contributed by atoms with van der Waals surface area (Å²) in [7, 11) is 0. The minimum atomic E-state index is -0.418. The van der Waals surface area contributed by atoms with Crippen LogP contribution in [0.5, 0.6) is 5.75 Å². The molecule has 22 heavy (non-hydrogen) atoms. The van der Waals surface area contributed by atoms with Crippen molar-refractivity contribution in [3.05, 3.63) is 53.3 Å². The molecule has 0 fully saturated rings. The molecule has 2 aromatic rings. The third kappa shape index (κ3) is 4.72. The number of nitrogens with one attached hydrogen (secondary N) is 1. The van der Waals surface area contributed by atoms with E-state index in [2.05, 4.69) is 5.32 Å². The molecule has 0 aromatic heterocycles. The number of nitrogens with two attached hydrogens (primary N) is 1. The first-order valence-corrected chi connectivity index (χ1v) is 7.11. The summed E-state index contributed by atoms with van der Waals surface area (Å²) >= 11 is 6.02. The molecule has 0 saturated carbocycles. The molecule has 0 bridgehead atoms. The Morgan fingerprint density at radius 3 is 2.64 bits per heavy atom. The third-order valence-electron chi connectivity index (χ3n) is 2.93. The van der Waals surface area contributed by atoms with Crippen molar-refractivity contribution in [2.24, 2.45) is 5.73 Å². The molecule has 0 saturated heterocycles. The largest absolute Gasteiger partial charge is 0.492 e. The number of hydrogen-bond donors (Lipinski definition) is 2. The Labute approximate surface area is 133 Å². The van der Waals surface area contributed by atoms with Gasteiger partial charge in [-0.25, -0.2) is 4.39 Å². The van der Waals surface area contributed by atoms with E-state index in [9.17, 15) is 9.18 Å². The van der Waals surface area contributed by atoms with Gasteiger partial charge in [0.15, 0.2) is 0 Å². The normalized spacial score (nSPS) is 10.5. The Hall–Kier alpha value is -2.11. The van der Waals surface area contributed by atoms with Crippen molar-refractivity contribution in [2.45, 2.75) is 0 Å². The number of amides is 1. The van der Waals surface area contributed by atoms with Gasteiger partial charge in [0.1, 0.15) is 18.2 Å². The number of primary amides is 1. The van der Waals surface area contributed by atoms with Crippen LogP contribution in [0.4, 0.5) is 4.39 Å². The predicted octanol–water partition coefficient (Wildman–Crippen LogP) is 2.60. The van der Waals surface area contributed by atoms with E-state index in [0.717, 1.165) is 11.1 Å². The molecule has 2 aromatic carbocycles. The first-order chi connectivity index (χ1) is 10.6. The van der Waals surface area contributed by atoms with Crippen LogP contribution in [0, 0.1) is 5.82 Å². The molecule has 0 unspecified atom stereocenters. The Bertz CT molecular complexity index is 647. The van der Waals surface area contributed by atoms with Gasteiger partial charge in [-0.05, 0) is 35.9 Å². The van der Waals surface area contributed by atoms with Crippen molar-refractivity contribution >= 4 is 17.5 Å². The second-order valence-electron chi connectivity index (χ2n) is 4.64. The average Bonchev–Trinajstić information content (AvgIpc) is 2.49. The molecule has 0 aliphatic heterocycles. The Kier molecular flexibility index (Phi) is 5.75. The minimum absolute atomic E-state index is 0.106. The number of benzene rings is 2. The van der Waals surface area contributed by atoms with Crippen LogP contribution in [0.25, 0.3) is 11.1 Å². The first kappa shape index (κ1) is 16.3. The van der Waals surface area contributed by atoms with E-state index in [1.54, 1.807) is 30.3 Å². The fourth-order valence-electron chi connectivity index (χ4n) is 1.93. The number of halogens is 2. The van der Waals surface area contributed by atoms with Gasteiger partial charge in [0.05, 0.1) is 6.54 Å². The molecule has 0 atom stereocenters. The molecule has 116 valence electrons. The molecule has 4 nitrogen and oxygen atoms in total. The van der Waals surface area contributed by atoms with Crippen LogP contribution in [0.1, 0.15) is 0 Å². The fourth-order valence-corrected chi connectivity index (χ4v) is 2.10. The van der Waals surface area contributed by atoms with Crippen LogP contribution in [-0.4, -0.2) is 25.6 Å². The third-order valence-corrected chi connectivity index (χ3v) is 3.17. The van der Waals surface area contributed by atoms with E-state index in [0.29, 0.717) is 23.9 Å². The van der Waals surface area contributed by atoms with Crippen molar-refractivity contribution in [2.75, 3.05) is 19.7 Å². The van der Waals surface area contributed by atoms with Crippen molar-refractivity contribution in [3.8, 4) is 16.9 Å². The molecule has 3 N–H and O–H groups in total. The molecule has 0 aliphatic rings. The van der Waals surface area contributed by atoms with Gasteiger partial charge in [0, 0.05) is 17.1 Å². The lowest BCUT2D eigenvalue weighted by molar-refractivity contribution is -0.117. The van der Waals surface area contributed by atoms with E-state index in [1.807, 2.05) is 0 Å². The van der Waals surface area contributed by atoms with Crippen LogP contribution in [0.3, 0.4) is 0 Å². The van der Waals surface area contributed by atoms with Gasteiger partial charge in [-0.2, -0.15) is 0 Å². The Morgan fingerprint density at radius 2 is 1.95 bits per heavy atom. The summed E-state index contributed by atoms with van der Waals surface area (Å²) in [6.45, 7) is 0.951. The lowest BCUT2D eigenvalue weighted by atomic mass is 10.0. The fraction of sp³-hybridized carbons (Fsp3) is 0.188. The SMILES string of the molecule is NC(=O)CNCCOc1ccc(Cl)cc1-c1ccc(F)cc1. The molecule has 0 heterocycles. The highest BCUT2D eigenvalue weighted by molar-refractivity contribution is 6.31. The van der Waals surface area contributed by atoms with E-state index in [-0.39, 0.29) is 12.4 Å². The van der Waals surface area contributed by atoms with Gasteiger partial charge in [0.2, 0.25) is 5.91 Å². The molecular weight excluding hydrogens is 307 g/mol. The highest BCUT2D eigenvalue weighted by atomic mass is 35.5. The zero-order valence-corrected chi connectivity index (χ0v) is 12.6. The van der Waals surface area contributed by atoms with Crippen molar-refractivity contribution in [1.29, 1.82) is 0 Å². The van der Waals surface area contributed by atoms with Crippen LogP contribution >= 0.6 is 11.6 Å². The Morgan fingerprint density at radius 1 is 1.23 bits per heavy atom. The maximum atomic E-state index is 13.0. The van der Waals surface area contributed by atoms with E-state index in [1.165, 1.54) is 12.1 Å². The lowest BCUT2D eigenvalue weighted by Gasteiger charge is -2.12. The average molecular weight is 323 g/mol. The summed E-state index contributed by atoms with van der Waals surface area (Å²) in [5, 5.41) is 3.43. The summed E-state index contributed by atoms with van der Waals surface area (Å²) in [5.74, 6) is -0.0840. The minimum Gasteiger partial charge on any atom is -0.492 e. The molecule has 2 rings (SSSR count).